The van der Waals surface area contributed by atoms with Gasteiger partial charge in [0.1, 0.15) is 5.82 Å². The van der Waals surface area contributed by atoms with Crippen LogP contribution >= 0.6 is 0 Å². The van der Waals surface area contributed by atoms with Crippen molar-refractivity contribution < 1.29 is 22.5 Å². The van der Waals surface area contributed by atoms with E-state index in [1.165, 1.54) is 12.4 Å². The number of aromatic nitrogens is 3. The van der Waals surface area contributed by atoms with E-state index in [-0.39, 0.29) is 12.1 Å². The molecule has 11 heteroatoms. The first kappa shape index (κ1) is 20.3. The quantitative estimate of drug-likeness (QED) is 0.412. The third-order valence-electron chi connectivity index (χ3n) is 2.38. The third kappa shape index (κ3) is 9.17. The molecule has 25 heavy (non-hydrogen) atoms. The van der Waals surface area contributed by atoms with Crippen LogP contribution in [0, 0.1) is 5.21 Å². The number of carbonyl (C=O) groups is 1. The molecule has 0 radical (unpaired) electrons. The van der Waals surface area contributed by atoms with Crippen LogP contribution in [0.5, 0.6) is 0 Å². The minimum atomic E-state index is -3.67. The van der Waals surface area contributed by atoms with Gasteiger partial charge in [0, 0.05) is 29.9 Å². The number of carbonyl (C=O) groups excluding carboxylic acids is 1. The molecule has 0 aliphatic rings. The monoisotopic (exact) mass is 369 g/mol. The Balaban J connectivity index is 0.000000550. The van der Waals surface area contributed by atoms with Crippen LogP contribution in [0.25, 0.3) is 11.4 Å². The Bertz CT molecular complexity index is 801. The molecule has 2 rings (SSSR count). The molecule has 0 saturated carbocycles. The van der Waals surface area contributed by atoms with Gasteiger partial charge in [-0.15, -0.1) is 0 Å². The van der Waals surface area contributed by atoms with Gasteiger partial charge in [0.2, 0.25) is 0 Å². The van der Waals surface area contributed by atoms with Crippen LogP contribution < -0.4 is 15.4 Å². The molecule has 0 aliphatic carbocycles. The van der Waals surface area contributed by atoms with Gasteiger partial charge >= 0.3 is 6.03 Å². The predicted octanol–water partition coefficient (Wildman–Crippen LogP) is 0.811. The van der Waals surface area contributed by atoms with E-state index in [1.807, 2.05) is 13.8 Å². The van der Waals surface area contributed by atoms with E-state index >= 15 is 0 Å². The molecule has 0 unspecified atom stereocenters. The average molecular weight is 369 g/mol. The van der Waals surface area contributed by atoms with E-state index < -0.39 is 10.1 Å². The third-order valence-corrected chi connectivity index (χ3v) is 2.38. The summed E-state index contributed by atoms with van der Waals surface area (Å²) in [5.74, 6) is 0.833. The normalized spacial score (nSPS) is 10.6. The Hall–Kier alpha value is -2.79. The van der Waals surface area contributed by atoms with Crippen molar-refractivity contribution in [1.29, 1.82) is 0 Å². The standard InChI is InChI=1S/C13H15N5O2.CH4O3S/c1-9(2)15-13(19)17-11-3-6-14-12(16-11)10-4-7-18(20)8-5-10;1-5(2,3)4/h3-9H,1-2H3,(H2,14,15,16,17,19);1H3,(H,2,3,4). The van der Waals surface area contributed by atoms with E-state index in [9.17, 15) is 18.4 Å². The maximum atomic E-state index is 11.6. The summed E-state index contributed by atoms with van der Waals surface area (Å²) in [6.45, 7) is 3.74. The maximum Gasteiger partial charge on any atom is 0.320 e. The summed E-state index contributed by atoms with van der Waals surface area (Å²) in [7, 11) is -3.67. The van der Waals surface area contributed by atoms with Crippen molar-refractivity contribution in [2.75, 3.05) is 11.6 Å². The molecule has 10 nitrogen and oxygen atoms in total. The molecule has 3 N–H and O–H groups in total. The second-order valence-corrected chi connectivity index (χ2v) is 6.66. The molecule has 2 aromatic heterocycles. The molecule has 0 fully saturated rings. The average Bonchev–Trinajstić information content (AvgIpc) is 2.45. The summed E-state index contributed by atoms with van der Waals surface area (Å²) in [4.78, 5) is 19.9. The van der Waals surface area contributed by atoms with Gasteiger partial charge in [0.25, 0.3) is 10.1 Å². The van der Waals surface area contributed by atoms with Crippen molar-refractivity contribution in [1.82, 2.24) is 15.3 Å². The summed E-state index contributed by atoms with van der Waals surface area (Å²) < 4.78 is 26.6. The molecule has 0 aliphatic heterocycles. The molecule has 2 aromatic rings. The highest BCUT2D eigenvalue weighted by Gasteiger charge is 2.07. The highest BCUT2D eigenvalue weighted by molar-refractivity contribution is 7.85. The molecule has 0 aromatic carbocycles. The number of anilines is 1. The van der Waals surface area contributed by atoms with E-state index in [2.05, 4.69) is 20.6 Å². The molecular weight excluding hydrogens is 350 g/mol. The lowest BCUT2D eigenvalue weighted by Gasteiger charge is -2.09. The Kier molecular flexibility index (Phi) is 7.21. The van der Waals surface area contributed by atoms with Gasteiger partial charge in [0.05, 0.1) is 6.26 Å². The lowest BCUT2D eigenvalue weighted by Crippen LogP contribution is -2.34. The zero-order chi connectivity index (χ0) is 19.0. The van der Waals surface area contributed by atoms with Crippen molar-refractivity contribution >= 4 is 22.0 Å². The van der Waals surface area contributed by atoms with Crippen LogP contribution in [0.4, 0.5) is 10.6 Å². The van der Waals surface area contributed by atoms with Crippen LogP contribution in [0.15, 0.2) is 36.8 Å². The van der Waals surface area contributed by atoms with Gasteiger partial charge in [-0.25, -0.2) is 14.8 Å². The summed E-state index contributed by atoms with van der Waals surface area (Å²) in [6.07, 6.45) is 4.99. The maximum absolute atomic E-state index is 11.6. The molecule has 0 atom stereocenters. The second-order valence-electron chi connectivity index (χ2n) is 5.20. The van der Waals surface area contributed by atoms with Gasteiger partial charge in [0.15, 0.2) is 18.2 Å². The minimum absolute atomic E-state index is 0.0398. The number of nitrogens with zero attached hydrogens (tertiary/aromatic N) is 3. The minimum Gasteiger partial charge on any atom is -0.619 e. The number of hydrogen-bond donors (Lipinski definition) is 3. The number of hydrogen-bond acceptors (Lipinski definition) is 6. The Morgan fingerprint density at radius 2 is 1.84 bits per heavy atom. The topological polar surface area (TPSA) is 148 Å². The smallest absolute Gasteiger partial charge is 0.320 e. The van der Waals surface area contributed by atoms with Gasteiger partial charge in [-0.3, -0.25) is 9.87 Å². The molecule has 2 heterocycles. The molecular formula is C14H19N5O5S. The van der Waals surface area contributed by atoms with Crippen LogP contribution in [0.3, 0.4) is 0 Å². The van der Waals surface area contributed by atoms with Crippen LogP contribution in [0.2, 0.25) is 0 Å². The fourth-order valence-electron chi connectivity index (χ4n) is 1.54. The Labute approximate surface area is 145 Å². The number of urea groups is 1. The summed E-state index contributed by atoms with van der Waals surface area (Å²) in [6, 6.07) is 4.54. The van der Waals surface area contributed by atoms with Gasteiger partial charge in [-0.2, -0.15) is 13.1 Å². The zero-order valence-corrected chi connectivity index (χ0v) is 14.7. The SMILES string of the molecule is CC(C)NC(=O)Nc1ccnc(-c2cc[n+]([O-])cc2)n1.CS(=O)(=O)O. The first-order chi connectivity index (χ1) is 11.5. The second kappa shape index (κ2) is 8.89. The van der Waals surface area contributed by atoms with Crippen molar-refractivity contribution in [2.45, 2.75) is 19.9 Å². The van der Waals surface area contributed by atoms with Crippen LogP contribution in [-0.4, -0.2) is 41.3 Å². The fourth-order valence-corrected chi connectivity index (χ4v) is 1.54. The number of pyridine rings is 1. The van der Waals surface area contributed by atoms with E-state index in [0.717, 1.165) is 0 Å². The number of nitrogens with one attached hydrogen (secondary N) is 2. The highest BCUT2D eigenvalue weighted by atomic mass is 32.2. The van der Waals surface area contributed by atoms with Crippen molar-refractivity contribution in [3.8, 4) is 11.4 Å². The Morgan fingerprint density at radius 3 is 2.36 bits per heavy atom. The van der Waals surface area contributed by atoms with Crippen LogP contribution in [-0.2, 0) is 10.1 Å². The van der Waals surface area contributed by atoms with Crippen LogP contribution in [0.1, 0.15) is 13.8 Å². The van der Waals surface area contributed by atoms with Gasteiger partial charge < -0.3 is 10.5 Å². The molecule has 0 bridgehead atoms. The van der Waals surface area contributed by atoms with Crippen molar-refractivity contribution in [2.24, 2.45) is 0 Å². The van der Waals surface area contributed by atoms with Gasteiger partial charge in [-0.05, 0) is 19.9 Å². The first-order valence-electron chi connectivity index (χ1n) is 7.07. The molecule has 0 spiro atoms. The van der Waals surface area contributed by atoms with Crippen molar-refractivity contribution in [3.05, 3.63) is 42.0 Å². The number of amides is 2. The van der Waals surface area contributed by atoms with E-state index in [1.54, 1.807) is 24.4 Å². The zero-order valence-electron chi connectivity index (χ0n) is 13.9. The predicted molar refractivity (Wildman–Crippen MR) is 91.2 cm³/mol. The van der Waals surface area contributed by atoms with E-state index in [4.69, 9.17) is 4.55 Å². The largest absolute Gasteiger partial charge is 0.619 e. The highest BCUT2D eigenvalue weighted by Crippen LogP contribution is 2.14. The summed E-state index contributed by atoms with van der Waals surface area (Å²) >= 11 is 0. The lowest BCUT2D eigenvalue weighted by atomic mass is 10.2. The molecule has 0 saturated heterocycles. The summed E-state index contributed by atoms with van der Waals surface area (Å²) in [5, 5.41) is 16.3. The summed E-state index contributed by atoms with van der Waals surface area (Å²) in [5.41, 5.74) is 0.699. The Morgan fingerprint density at radius 1 is 1.28 bits per heavy atom. The fraction of sp³-hybridized carbons (Fsp3) is 0.286. The molecule has 2 amide bonds. The van der Waals surface area contributed by atoms with Gasteiger partial charge in [-0.1, -0.05) is 0 Å². The van der Waals surface area contributed by atoms with E-state index in [0.29, 0.717) is 28.2 Å². The van der Waals surface area contributed by atoms with Crippen molar-refractivity contribution in [3.63, 3.8) is 0 Å². The first-order valence-corrected chi connectivity index (χ1v) is 8.91. The molecule has 136 valence electrons. The lowest BCUT2D eigenvalue weighted by molar-refractivity contribution is -0.605. The number of rotatable bonds is 3.